The highest BCUT2D eigenvalue weighted by atomic mass is 35.5. The number of anilines is 1. The third-order valence-corrected chi connectivity index (χ3v) is 3.17. The van der Waals surface area contributed by atoms with Gasteiger partial charge in [0.15, 0.2) is 0 Å². The molecule has 110 valence electrons. The lowest BCUT2D eigenvalue weighted by Crippen LogP contribution is -2.30. The minimum Gasteiger partial charge on any atom is -0.336 e. The Balaban J connectivity index is 0.00000200. The zero-order valence-corrected chi connectivity index (χ0v) is 12.3. The van der Waals surface area contributed by atoms with E-state index in [-0.39, 0.29) is 30.8 Å². The fraction of sp³-hybridized carbons (Fsp3) is 0.429. The number of nitrogens with zero attached hydrogens (tertiary/aromatic N) is 1. The molecule has 2 rings (SSSR count). The normalized spacial score (nSPS) is 13.3. The molecule has 2 amide bonds. The predicted octanol–water partition coefficient (Wildman–Crippen LogP) is 1.52. The van der Waals surface area contributed by atoms with Gasteiger partial charge in [-0.2, -0.15) is 0 Å². The van der Waals surface area contributed by atoms with E-state index in [1.807, 2.05) is 29.2 Å². The molecule has 0 unspecified atom stereocenters. The van der Waals surface area contributed by atoms with Crippen LogP contribution < -0.4 is 11.1 Å². The quantitative estimate of drug-likeness (QED) is 0.865. The van der Waals surface area contributed by atoms with Crippen LogP contribution in [-0.4, -0.2) is 29.3 Å². The smallest absolute Gasteiger partial charge is 0.238 e. The largest absolute Gasteiger partial charge is 0.336 e. The average molecular weight is 298 g/mol. The van der Waals surface area contributed by atoms with Crippen LogP contribution in [0.15, 0.2) is 24.3 Å². The number of carbonyl (C=O) groups excluding carboxylic acids is 2. The molecule has 1 aromatic rings. The van der Waals surface area contributed by atoms with E-state index in [1.54, 1.807) is 6.92 Å². The highest BCUT2D eigenvalue weighted by Crippen LogP contribution is 2.28. The predicted molar refractivity (Wildman–Crippen MR) is 80.6 cm³/mol. The molecular formula is C14H20ClN3O2. The summed E-state index contributed by atoms with van der Waals surface area (Å²) in [4.78, 5) is 24.6. The second-order valence-electron chi connectivity index (χ2n) is 4.83. The van der Waals surface area contributed by atoms with Gasteiger partial charge in [-0.1, -0.05) is 12.1 Å². The Morgan fingerprint density at radius 2 is 1.90 bits per heavy atom. The zero-order chi connectivity index (χ0) is 13.8. The van der Waals surface area contributed by atoms with E-state index in [0.29, 0.717) is 12.6 Å². The maximum Gasteiger partial charge on any atom is 0.238 e. The molecule has 0 radical (unpaired) electrons. The molecule has 0 aliphatic heterocycles. The van der Waals surface area contributed by atoms with Crippen LogP contribution in [0.4, 0.5) is 5.69 Å². The first-order chi connectivity index (χ1) is 9.10. The van der Waals surface area contributed by atoms with Gasteiger partial charge < -0.3 is 16.0 Å². The Bertz CT molecular complexity index is 472. The van der Waals surface area contributed by atoms with Crippen molar-refractivity contribution >= 4 is 29.9 Å². The van der Waals surface area contributed by atoms with E-state index in [4.69, 9.17) is 5.73 Å². The molecule has 1 aliphatic rings. The number of halogens is 1. The summed E-state index contributed by atoms with van der Waals surface area (Å²) in [7, 11) is 0. The summed E-state index contributed by atoms with van der Waals surface area (Å²) in [6, 6.07) is 7.91. The van der Waals surface area contributed by atoms with Crippen molar-refractivity contribution in [2.24, 2.45) is 5.73 Å². The lowest BCUT2D eigenvalue weighted by molar-refractivity contribution is -0.130. The van der Waals surface area contributed by atoms with Crippen LogP contribution in [-0.2, 0) is 16.1 Å². The van der Waals surface area contributed by atoms with Gasteiger partial charge in [-0.3, -0.25) is 9.59 Å². The van der Waals surface area contributed by atoms with Gasteiger partial charge in [0, 0.05) is 25.2 Å². The third-order valence-electron chi connectivity index (χ3n) is 3.17. The number of nitrogens with one attached hydrogen (secondary N) is 1. The summed E-state index contributed by atoms with van der Waals surface area (Å²) < 4.78 is 0. The highest BCUT2D eigenvalue weighted by Gasteiger charge is 2.30. The van der Waals surface area contributed by atoms with Gasteiger partial charge in [0.25, 0.3) is 0 Å². The molecule has 20 heavy (non-hydrogen) atoms. The third kappa shape index (κ3) is 4.51. The fourth-order valence-electron chi connectivity index (χ4n) is 1.99. The van der Waals surface area contributed by atoms with Crippen LogP contribution in [0.25, 0.3) is 0 Å². The Hall–Kier alpha value is -1.59. The summed E-state index contributed by atoms with van der Waals surface area (Å²) in [5.41, 5.74) is 7.02. The molecule has 1 aromatic carbocycles. The van der Waals surface area contributed by atoms with E-state index in [1.165, 1.54) is 0 Å². The Labute approximate surface area is 124 Å². The van der Waals surface area contributed by atoms with Crippen molar-refractivity contribution in [1.82, 2.24) is 4.90 Å². The Kier molecular flexibility index (Phi) is 5.98. The minimum absolute atomic E-state index is 0. The maximum absolute atomic E-state index is 11.5. The number of benzene rings is 1. The molecular weight excluding hydrogens is 278 g/mol. The summed E-state index contributed by atoms with van der Waals surface area (Å²) in [5, 5.41) is 2.69. The highest BCUT2D eigenvalue weighted by molar-refractivity contribution is 5.92. The number of amides is 2. The van der Waals surface area contributed by atoms with E-state index < -0.39 is 0 Å². The van der Waals surface area contributed by atoms with Crippen molar-refractivity contribution in [2.45, 2.75) is 32.4 Å². The maximum atomic E-state index is 11.5. The molecule has 0 aromatic heterocycles. The molecule has 0 heterocycles. The second kappa shape index (κ2) is 7.26. The summed E-state index contributed by atoms with van der Waals surface area (Å²) >= 11 is 0. The van der Waals surface area contributed by atoms with Gasteiger partial charge in [-0.05, 0) is 30.5 Å². The van der Waals surface area contributed by atoms with Crippen molar-refractivity contribution in [3.8, 4) is 0 Å². The van der Waals surface area contributed by atoms with Crippen LogP contribution in [0.5, 0.6) is 0 Å². The van der Waals surface area contributed by atoms with E-state index in [9.17, 15) is 9.59 Å². The van der Waals surface area contributed by atoms with Crippen molar-refractivity contribution < 1.29 is 9.59 Å². The number of nitrogens with two attached hydrogens (primary N) is 1. The van der Waals surface area contributed by atoms with Gasteiger partial charge in [-0.15, -0.1) is 12.4 Å². The summed E-state index contributed by atoms with van der Waals surface area (Å²) in [6.45, 7) is 2.21. The van der Waals surface area contributed by atoms with Crippen molar-refractivity contribution in [2.75, 3.05) is 11.9 Å². The monoisotopic (exact) mass is 297 g/mol. The molecule has 3 N–H and O–H groups in total. The van der Waals surface area contributed by atoms with Crippen molar-refractivity contribution in [1.29, 1.82) is 0 Å². The first-order valence-electron chi connectivity index (χ1n) is 6.46. The zero-order valence-electron chi connectivity index (χ0n) is 11.5. The number of carbonyl (C=O) groups is 2. The molecule has 0 spiro atoms. The minimum atomic E-state index is -0.212. The first-order valence-corrected chi connectivity index (χ1v) is 6.46. The van der Waals surface area contributed by atoms with Crippen molar-refractivity contribution in [3.05, 3.63) is 29.8 Å². The van der Waals surface area contributed by atoms with Gasteiger partial charge in [0.1, 0.15) is 0 Å². The van der Waals surface area contributed by atoms with Gasteiger partial charge >= 0.3 is 0 Å². The second-order valence-corrected chi connectivity index (χ2v) is 4.83. The van der Waals surface area contributed by atoms with Gasteiger partial charge in [-0.25, -0.2) is 0 Å². The number of rotatable bonds is 5. The lowest BCUT2D eigenvalue weighted by atomic mass is 10.2. The van der Waals surface area contributed by atoms with Gasteiger partial charge in [0.2, 0.25) is 11.8 Å². The summed E-state index contributed by atoms with van der Waals surface area (Å²) in [5.74, 6) is -0.0981. The SMILES string of the molecule is CC(=O)N(Cc1ccc(NC(=O)CN)cc1)C1CC1.Cl. The van der Waals surface area contributed by atoms with Crippen LogP contribution in [0.3, 0.4) is 0 Å². The van der Waals surface area contributed by atoms with Crippen LogP contribution in [0.1, 0.15) is 25.3 Å². The van der Waals surface area contributed by atoms with Gasteiger partial charge in [0.05, 0.1) is 6.54 Å². The van der Waals surface area contributed by atoms with E-state index in [2.05, 4.69) is 5.32 Å². The molecule has 0 saturated heterocycles. The molecule has 5 nitrogen and oxygen atoms in total. The fourth-order valence-corrected chi connectivity index (χ4v) is 1.99. The molecule has 0 bridgehead atoms. The van der Waals surface area contributed by atoms with E-state index >= 15 is 0 Å². The van der Waals surface area contributed by atoms with Crippen molar-refractivity contribution in [3.63, 3.8) is 0 Å². The molecule has 0 atom stereocenters. The standard InChI is InChI=1S/C14H19N3O2.ClH/c1-10(18)17(13-6-7-13)9-11-2-4-12(5-3-11)16-14(19)8-15;/h2-5,13H,6-9,15H2,1H3,(H,16,19);1H. The van der Waals surface area contributed by atoms with Crippen LogP contribution >= 0.6 is 12.4 Å². The molecule has 6 heteroatoms. The Morgan fingerprint density at radius 3 is 2.35 bits per heavy atom. The van der Waals surface area contributed by atoms with Crippen LogP contribution in [0.2, 0.25) is 0 Å². The topological polar surface area (TPSA) is 75.4 Å². The lowest BCUT2D eigenvalue weighted by Gasteiger charge is -2.20. The summed E-state index contributed by atoms with van der Waals surface area (Å²) in [6.07, 6.45) is 2.20. The van der Waals surface area contributed by atoms with E-state index in [0.717, 1.165) is 24.1 Å². The average Bonchev–Trinajstić information content (AvgIpc) is 3.21. The molecule has 1 fully saturated rings. The number of hydrogen-bond donors (Lipinski definition) is 2. The first kappa shape index (κ1) is 16.5. The number of hydrogen-bond acceptors (Lipinski definition) is 3. The molecule has 1 saturated carbocycles. The van der Waals surface area contributed by atoms with Crippen LogP contribution in [0, 0.1) is 0 Å². The molecule has 1 aliphatic carbocycles. The Morgan fingerprint density at radius 1 is 1.30 bits per heavy atom.